The second-order valence-corrected chi connectivity index (χ2v) is 6.91. The third-order valence-corrected chi connectivity index (χ3v) is 5.36. The molecule has 4 heterocycles. The van der Waals surface area contributed by atoms with Crippen molar-refractivity contribution < 1.29 is 14.3 Å². The number of pyridine rings is 1. The van der Waals surface area contributed by atoms with E-state index >= 15 is 0 Å². The monoisotopic (exact) mass is 371 g/mol. The van der Waals surface area contributed by atoms with E-state index in [9.17, 15) is 4.79 Å². The Hall–Kier alpha value is -2.78. The molecule has 134 valence electrons. The number of hydrogen-bond acceptors (Lipinski definition) is 8. The maximum Gasteiger partial charge on any atom is 0.259 e. The van der Waals surface area contributed by atoms with Crippen molar-refractivity contribution in [2.75, 3.05) is 18.5 Å². The molecule has 0 bridgehead atoms. The molecule has 9 heteroatoms. The van der Waals surface area contributed by atoms with Gasteiger partial charge in [0.2, 0.25) is 5.88 Å². The highest BCUT2D eigenvalue weighted by atomic mass is 32.1. The number of anilines is 2. The molecule has 1 saturated heterocycles. The average molecular weight is 371 g/mol. The van der Waals surface area contributed by atoms with Gasteiger partial charge in [0.15, 0.2) is 0 Å². The molecule has 1 aliphatic heterocycles. The molecule has 8 nitrogen and oxygen atoms in total. The Labute approximate surface area is 153 Å². The summed E-state index contributed by atoms with van der Waals surface area (Å²) in [6.45, 7) is 3.08. The van der Waals surface area contributed by atoms with Crippen LogP contribution >= 0.6 is 11.3 Å². The van der Waals surface area contributed by atoms with Crippen molar-refractivity contribution in [1.82, 2.24) is 15.0 Å². The molecule has 1 atom stereocenters. The molecular formula is C17H17N5O3S. The van der Waals surface area contributed by atoms with Crippen LogP contribution in [0.5, 0.6) is 5.88 Å². The van der Waals surface area contributed by atoms with E-state index in [-0.39, 0.29) is 6.10 Å². The lowest BCUT2D eigenvalue weighted by atomic mass is 10.2. The number of hydrogen-bond donors (Lipinski definition) is 2. The topological polar surface area (TPSA) is 112 Å². The number of rotatable bonds is 5. The zero-order valence-corrected chi connectivity index (χ0v) is 14.9. The molecule has 1 aliphatic rings. The van der Waals surface area contributed by atoms with E-state index in [1.54, 1.807) is 6.20 Å². The number of aryl methyl sites for hydroxylation is 1. The van der Waals surface area contributed by atoms with Gasteiger partial charge < -0.3 is 20.5 Å². The minimum absolute atomic E-state index is 0.0137. The maximum absolute atomic E-state index is 11.6. The van der Waals surface area contributed by atoms with Crippen molar-refractivity contribution in [1.29, 1.82) is 0 Å². The van der Waals surface area contributed by atoms with Gasteiger partial charge in [-0.15, -0.1) is 11.3 Å². The van der Waals surface area contributed by atoms with Crippen LogP contribution in [0.1, 0.15) is 21.7 Å². The molecule has 3 aromatic heterocycles. The summed E-state index contributed by atoms with van der Waals surface area (Å²) in [7, 11) is 0. The lowest BCUT2D eigenvalue weighted by Gasteiger charge is -2.15. The van der Waals surface area contributed by atoms with Crippen molar-refractivity contribution in [2.45, 2.75) is 19.4 Å². The van der Waals surface area contributed by atoms with Crippen molar-refractivity contribution in [3.8, 4) is 5.88 Å². The Morgan fingerprint density at radius 1 is 1.42 bits per heavy atom. The van der Waals surface area contributed by atoms with Crippen LogP contribution in [0.2, 0.25) is 0 Å². The zero-order chi connectivity index (χ0) is 18.1. The molecule has 4 rings (SSSR count). The van der Waals surface area contributed by atoms with Crippen LogP contribution in [-0.2, 0) is 4.74 Å². The predicted molar refractivity (Wildman–Crippen MR) is 98.0 cm³/mol. The number of thiophene rings is 1. The van der Waals surface area contributed by atoms with Crippen LogP contribution < -0.4 is 15.8 Å². The molecule has 0 unspecified atom stereocenters. The number of nitrogens with zero attached hydrogens (tertiary/aromatic N) is 3. The van der Waals surface area contributed by atoms with Gasteiger partial charge in [-0.1, -0.05) is 0 Å². The summed E-state index contributed by atoms with van der Waals surface area (Å²) in [6.07, 6.45) is 3.94. The van der Waals surface area contributed by atoms with Gasteiger partial charge in [0.25, 0.3) is 5.91 Å². The Morgan fingerprint density at radius 2 is 2.31 bits per heavy atom. The Bertz CT molecular complexity index is 968. The van der Waals surface area contributed by atoms with E-state index in [4.69, 9.17) is 15.2 Å². The summed E-state index contributed by atoms with van der Waals surface area (Å²) < 4.78 is 11.3. The normalized spacial score (nSPS) is 16.7. The van der Waals surface area contributed by atoms with Gasteiger partial charge in [0.1, 0.15) is 28.8 Å². The Morgan fingerprint density at radius 3 is 3.08 bits per heavy atom. The van der Waals surface area contributed by atoms with Crippen LogP contribution in [0.3, 0.4) is 0 Å². The molecule has 0 aliphatic carbocycles. The zero-order valence-electron chi connectivity index (χ0n) is 14.1. The lowest BCUT2D eigenvalue weighted by Crippen LogP contribution is -2.17. The number of primary amides is 1. The number of carbonyl (C=O) groups excluding carboxylic acids is 1. The minimum Gasteiger partial charge on any atom is -0.470 e. The average Bonchev–Trinajstić information content (AvgIpc) is 3.25. The summed E-state index contributed by atoms with van der Waals surface area (Å²) in [5, 5.41) is 4.03. The number of nitrogens with two attached hydrogens (primary N) is 1. The van der Waals surface area contributed by atoms with Crippen molar-refractivity contribution in [3.05, 3.63) is 35.1 Å². The molecule has 0 aromatic carbocycles. The van der Waals surface area contributed by atoms with E-state index in [0.717, 1.165) is 17.4 Å². The molecule has 3 N–H and O–H groups in total. The van der Waals surface area contributed by atoms with Gasteiger partial charge in [-0.25, -0.2) is 15.0 Å². The number of amides is 1. The van der Waals surface area contributed by atoms with Crippen molar-refractivity contribution in [3.63, 3.8) is 0 Å². The van der Waals surface area contributed by atoms with Crippen molar-refractivity contribution in [2.24, 2.45) is 5.73 Å². The number of carbonyl (C=O) groups is 1. The highest BCUT2D eigenvalue weighted by molar-refractivity contribution is 7.20. The van der Waals surface area contributed by atoms with Gasteiger partial charge in [0.05, 0.1) is 23.5 Å². The van der Waals surface area contributed by atoms with Crippen LogP contribution in [0.15, 0.2) is 24.7 Å². The summed E-state index contributed by atoms with van der Waals surface area (Å²) >= 11 is 1.26. The van der Waals surface area contributed by atoms with E-state index in [1.165, 1.54) is 17.7 Å². The summed E-state index contributed by atoms with van der Waals surface area (Å²) in [6, 6.07) is 3.68. The molecule has 0 saturated carbocycles. The lowest BCUT2D eigenvalue weighted by molar-refractivity contribution is 0.100. The Balaban J connectivity index is 1.70. The fourth-order valence-electron chi connectivity index (χ4n) is 2.87. The third kappa shape index (κ3) is 3.06. The van der Waals surface area contributed by atoms with E-state index in [1.807, 2.05) is 19.1 Å². The van der Waals surface area contributed by atoms with Crippen molar-refractivity contribution >= 4 is 39.0 Å². The molecule has 26 heavy (non-hydrogen) atoms. The van der Waals surface area contributed by atoms with Gasteiger partial charge in [-0.05, 0) is 24.6 Å². The third-order valence-electron chi connectivity index (χ3n) is 4.14. The van der Waals surface area contributed by atoms with Crippen LogP contribution in [0, 0.1) is 6.92 Å². The SMILES string of the molecule is Cc1c(C(N)=O)sc2ncnc(Nc3cccnc3O[C@H]3CCOC3)c12. The number of nitrogens with one attached hydrogen (secondary N) is 1. The van der Waals surface area contributed by atoms with Gasteiger partial charge in [-0.2, -0.15) is 0 Å². The van der Waals surface area contributed by atoms with Gasteiger partial charge in [-0.3, -0.25) is 4.79 Å². The summed E-state index contributed by atoms with van der Waals surface area (Å²) in [5.74, 6) is 0.595. The number of fused-ring (bicyclic) bond motifs is 1. The fraction of sp³-hybridized carbons (Fsp3) is 0.294. The van der Waals surface area contributed by atoms with Gasteiger partial charge >= 0.3 is 0 Å². The quantitative estimate of drug-likeness (QED) is 0.708. The van der Waals surface area contributed by atoms with Gasteiger partial charge in [0, 0.05) is 12.6 Å². The highest BCUT2D eigenvalue weighted by Crippen LogP contribution is 2.35. The highest BCUT2D eigenvalue weighted by Gasteiger charge is 2.21. The molecule has 3 aromatic rings. The first kappa shape index (κ1) is 16.7. The van der Waals surface area contributed by atoms with Crippen LogP contribution in [0.25, 0.3) is 10.2 Å². The minimum atomic E-state index is -0.469. The second-order valence-electron chi connectivity index (χ2n) is 5.91. The first-order valence-electron chi connectivity index (χ1n) is 8.14. The molecule has 0 radical (unpaired) electrons. The van der Waals surface area contributed by atoms with Crippen LogP contribution in [-0.4, -0.2) is 40.2 Å². The number of aromatic nitrogens is 3. The molecular weight excluding hydrogens is 354 g/mol. The number of ether oxygens (including phenoxy) is 2. The standard InChI is InChI=1S/C17H17N5O3S/c1-9-12-15(20-8-21-17(12)26-13(9)14(18)23)22-11-3-2-5-19-16(11)25-10-4-6-24-7-10/h2-3,5,8,10H,4,6-7H2,1H3,(H2,18,23)(H,20,21,22)/t10-/m0/s1. The molecule has 1 amide bonds. The van der Waals surface area contributed by atoms with E-state index in [0.29, 0.717) is 40.3 Å². The summed E-state index contributed by atoms with van der Waals surface area (Å²) in [4.78, 5) is 25.7. The predicted octanol–water partition coefficient (Wildman–Crippen LogP) is 2.40. The maximum atomic E-state index is 11.6. The molecule has 0 spiro atoms. The smallest absolute Gasteiger partial charge is 0.259 e. The molecule has 1 fully saturated rings. The first-order valence-corrected chi connectivity index (χ1v) is 8.95. The largest absolute Gasteiger partial charge is 0.470 e. The second kappa shape index (κ2) is 6.85. The fourth-order valence-corrected chi connectivity index (χ4v) is 3.87. The summed E-state index contributed by atoms with van der Waals surface area (Å²) in [5.41, 5.74) is 6.90. The first-order chi connectivity index (χ1) is 12.6. The van der Waals surface area contributed by atoms with Crippen LogP contribution in [0.4, 0.5) is 11.5 Å². The van der Waals surface area contributed by atoms with E-state index < -0.39 is 5.91 Å². The van der Waals surface area contributed by atoms with E-state index in [2.05, 4.69) is 20.3 Å². The Kier molecular flexibility index (Phi) is 4.39.